The second-order valence-corrected chi connectivity index (χ2v) is 10.9. The lowest BCUT2D eigenvalue weighted by molar-refractivity contribution is -0.137. The quantitative estimate of drug-likeness (QED) is 0.434. The van der Waals surface area contributed by atoms with Crippen molar-refractivity contribution in [3.63, 3.8) is 0 Å². The Morgan fingerprint density at radius 2 is 1.60 bits per heavy atom. The molecule has 2 aromatic carbocycles. The van der Waals surface area contributed by atoms with Crippen LogP contribution in [0.4, 0.5) is 17.6 Å². The van der Waals surface area contributed by atoms with Gasteiger partial charge in [-0.15, -0.1) is 0 Å². The Morgan fingerprint density at radius 1 is 0.971 bits per heavy atom. The minimum absolute atomic E-state index is 0.0210. The van der Waals surface area contributed by atoms with Crippen LogP contribution < -0.4 is 0 Å². The highest BCUT2D eigenvalue weighted by Crippen LogP contribution is 2.49. The van der Waals surface area contributed by atoms with Crippen molar-refractivity contribution in [2.24, 2.45) is 17.3 Å². The predicted octanol–water partition coefficient (Wildman–Crippen LogP) is 8.16. The maximum absolute atomic E-state index is 13.8. The lowest BCUT2D eigenvalue weighted by Gasteiger charge is -2.40. The molecule has 0 amide bonds. The molecule has 2 unspecified atom stereocenters. The maximum atomic E-state index is 13.8. The van der Waals surface area contributed by atoms with Gasteiger partial charge in [-0.25, -0.2) is 4.39 Å². The van der Waals surface area contributed by atoms with Crippen molar-refractivity contribution in [2.45, 2.75) is 59.2 Å². The summed E-state index contributed by atoms with van der Waals surface area (Å²) in [6, 6.07) is 11.6. The lowest BCUT2D eigenvalue weighted by Crippen LogP contribution is -2.34. The highest BCUT2D eigenvalue weighted by atomic mass is 19.4. The van der Waals surface area contributed by atoms with E-state index >= 15 is 0 Å². The van der Waals surface area contributed by atoms with E-state index in [0.29, 0.717) is 12.8 Å². The van der Waals surface area contributed by atoms with E-state index in [-0.39, 0.29) is 23.1 Å². The molecule has 0 spiro atoms. The van der Waals surface area contributed by atoms with Gasteiger partial charge in [0.1, 0.15) is 5.82 Å². The average Bonchev–Trinajstić information content (AvgIpc) is 2.90. The SMILES string of the molecule is CC(C)C1=C(Cc2ccc(C(F)(F)F)cc2)C(c2ccc(F)cc2)=C2C(O)CC(C)(C)CC2C=C1. The van der Waals surface area contributed by atoms with Gasteiger partial charge < -0.3 is 5.11 Å². The fraction of sp³-hybridized carbons (Fsp3) is 0.400. The zero-order valence-corrected chi connectivity index (χ0v) is 20.6. The van der Waals surface area contributed by atoms with E-state index in [9.17, 15) is 22.7 Å². The first-order chi connectivity index (χ1) is 16.4. The Balaban J connectivity index is 1.91. The van der Waals surface area contributed by atoms with Gasteiger partial charge in [0.2, 0.25) is 0 Å². The van der Waals surface area contributed by atoms with E-state index in [0.717, 1.165) is 52.0 Å². The number of rotatable bonds is 4. The predicted molar refractivity (Wildman–Crippen MR) is 132 cm³/mol. The molecular weight excluding hydrogens is 452 g/mol. The molecule has 0 radical (unpaired) electrons. The van der Waals surface area contributed by atoms with Gasteiger partial charge in [-0.2, -0.15) is 13.2 Å². The van der Waals surface area contributed by atoms with Gasteiger partial charge in [0.15, 0.2) is 0 Å². The van der Waals surface area contributed by atoms with Crippen LogP contribution in [-0.2, 0) is 12.6 Å². The third-order valence-corrected chi connectivity index (χ3v) is 7.14. The first-order valence-corrected chi connectivity index (χ1v) is 12.1. The van der Waals surface area contributed by atoms with Gasteiger partial charge in [0.25, 0.3) is 0 Å². The monoisotopic (exact) mass is 484 g/mol. The third-order valence-electron chi connectivity index (χ3n) is 7.14. The van der Waals surface area contributed by atoms with Crippen LogP contribution in [0.3, 0.4) is 0 Å². The zero-order chi connectivity index (χ0) is 25.5. The number of aliphatic hydroxyl groups excluding tert-OH is 1. The number of aliphatic hydroxyl groups is 1. The van der Waals surface area contributed by atoms with Crippen LogP contribution in [0.25, 0.3) is 5.57 Å². The largest absolute Gasteiger partial charge is 0.416 e. The average molecular weight is 485 g/mol. The molecule has 5 heteroatoms. The standard InChI is InChI=1S/C30H32F4O/c1-18(2)24-14-9-21-16-29(3,4)17-26(35)28(21)27(20-7-12-23(31)13-8-20)25(24)15-19-5-10-22(11-6-19)30(32,33)34/h5-14,18,21,26,35H,15-17H2,1-4H3. The molecule has 1 N–H and O–H groups in total. The Bertz CT molecular complexity index is 1160. The Labute approximate surface area is 204 Å². The van der Waals surface area contributed by atoms with Gasteiger partial charge in [-0.1, -0.05) is 64.1 Å². The summed E-state index contributed by atoms with van der Waals surface area (Å²) in [6.07, 6.45) is 1.13. The molecule has 1 nitrogen and oxygen atoms in total. The number of halogens is 4. The van der Waals surface area contributed by atoms with Gasteiger partial charge in [0.05, 0.1) is 11.7 Å². The minimum atomic E-state index is -4.39. The second-order valence-electron chi connectivity index (χ2n) is 10.9. The normalized spacial score (nSPS) is 22.5. The second kappa shape index (κ2) is 9.42. The summed E-state index contributed by atoms with van der Waals surface area (Å²) >= 11 is 0. The van der Waals surface area contributed by atoms with Crippen molar-refractivity contribution in [1.82, 2.24) is 0 Å². The molecule has 1 saturated carbocycles. The van der Waals surface area contributed by atoms with Crippen LogP contribution in [0.1, 0.15) is 57.2 Å². The number of alkyl halides is 3. The topological polar surface area (TPSA) is 20.2 Å². The molecule has 2 aliphatic carbocycles. The van der Waals surface area contributed by atoms with Crippen LogP contribution in [0, 0.1) is 23.1 Å². The van der Waals surface area contributed by atoms with E-state index in [2.05, 4.69) is 39.8 Å². The molecule has 0 saturated heterocycles. The van der Waals surface area contributed by atoms with Crippen LogP contribution in [0.2, 0.25) is 0 Å². The van der Waals surface area contributed by atoms with Crippen LogP contribution in [0.5, 0.6) is 0 Å². The van der Waals surface area contributed by atoms with Gasteiger partial charge in [-0.3, -0.25) is 0 Å². The smallest absolute Gasteiger partial charge is 0.389 e. The van der Waals surface area contributed by atoms with Gasteiger partial charge >= 0.3 is 6.18 Å². The highest BCUT2D eigenvalue weighted by Gasteiger charge is 2.39. The first-order valence-electron chi connectivity index (χ1n) is 12.1. The number of allylic oxidation sites excluding steroid dienone is 5. The number of hydrogen-bond donors (Lipinski definition) is 1. The van der Waals surface area contributed by atoms with E-state index in [1.54, 1.807) is 12.1 Å². The van der Waals surface area contributed by atoms with Gasteiger partial charge in [0, 0.05) is 5.92 Å². The molecule has 35 heavy (non-hydrogen) atoms. The molecule has 186 valence electrons. The first kappa shape index (κ1) is 25.4. The van der Waals surface area contributed by atoms with E-state index in [1.807, 2.05) is 0 Å². The summed E-state index contributed by atoms with van der Waals surface area (Å²) < 4.78 is 53.2. The fourth-order valence-electron chi connectivity index (χ4n) is 5.54. The lowest BCUT2D eigenvalue weighted by atomic mass is 9.66. The summed E-state index contributed by atoms with van der Waals surface area (Å²) in [4.78, 5) is 0. The molecule has 1 fully saturated rings. The summed E-state index contributed by atoms with van der Waals surface area (Å²) in [7, 11) is 0. The number of benzene rings is 2. The molecular formula is C30H32F4O. The molecule has 2 aliphatic rings. The number of fused-ring (bicyclic) bond motifs is 1. The summed E-state index contributed by atoms with van der Waals surface area (Å²) in [5.41, 5.74) is 4.72. The zero-order valence-electron chi connectivity index (χ0n) is 20.6. The highest BCUT2D eigenvalue weighted by molar-refractivity contribution is 5.85. The Morgan fingerprint density at radius 3 is 2.17 bits per heavy atom. The molecule has 2 aromatic rings. The van der Waals surface area contributed by atoms with Crippen LogP contribution in [0.15, 0.2) is 77.4 Å². The molecule has 4 rings (SSSR count). The van der Waals surface area contributed by atoms with Crippen molar-refractivity contribution in [1.29, 1.82) is 0 Å². The summed E-state index contributed by atoms with van der Waals surface area (Å²) in [5.74, 6) is -0.171. The molecule has 0 aromatic heterocycles. The third kappa shape index (κ3) is 5.45. The van der Waals surface area contributed by atoms with Crippen molar-refractivity contribution in [3.8, 4) is 0 Å². The summed E-state index contributed by atoms with van der Waals surface area (Å²) in [5, 5.41) is 11.4. The minimum Gasteiger partial charge on any atom is -0.389 e. The Hall–Kier alpha value is -2.66. The summed E-state index contributed by atoms with van der Waals surface area (Å²) in [6.45, 7) is 8.50. The van der Waals surface area contributed by atoms with E-state index in [1.165, 1.54) is 24.3 Å². The van der Waals surface area contributed by atoms with Crippen molar-refractivity contribution in [3.05, 3.63) is 99.9 Å². The van der Waals surface area contributed by atoms with Crippen LogP contribution in [-0.4, -0.2) is 11.2 Å². The van der Waals surface area contributed by atoms with E-state index < -0.39 is 17.8 Å². The number of hydrogen-bond acceptors (Lipinski definition) is 1. The molecule has 2 atom stereocenters. The Kier molecular flexibility index (Phi) is 6.85. The van der Waals surface area contributed by atoms with Crippen molar-refractivity contribution in [2.75, 3.05) is 0 Å². The van der Waals surface area contributed by atoms with Gasteiger partial charge in [-0.05, 0) is 88.3 Å². The van der Waals surface area contributed by atoms with E-state index in [4.69, 9.17) is 0 Å². The fourth-order valence-corrected chi connectivity index (χ4v) is 5.54. The van der Waals surface area contributed by atoms with Crippen LogP contribution >= 0.6 is 0 Å². The molecule has 0 bridgehead atoms. The van der Waals surface area contributed by atoms with Crippen molar-refractivity contribution >= 4 is 5.57 Å². The molecule has 0 aliphatic heterocycles. The maximum Gasteiger partial charge on any atom is 0.416 e. The molecule has 0 heterocycles. The van der Waals surface area contributed by atoms with Crippen molar-refractivity contribution < 1.29 is 22.7 Å².